The van der Waals surface area contributed by atoms with Crippen molar-refractivity contribution in [2.75, 3.05) is 13.1 Å². The molecule has 1 unspecified atom stereocenters. The summed E-state index contributed by atoms with van der Waals surface area (Å²) in [6.45, 7) is 6.91. The van der Waals surface area contributed by atoms with Gasteiger partial charge in [-0.2, -0.15) is 5.10 Å². The SMILES string of the molecule is Cc1noc(C)c1CN1CCCC(c2nc(-c3cccnc3)n[nH]2)C1. The monoisotopic (exact) mass is 338 g/mol. The number of likely N-dealkylation sites (tertiary alicyclic amines) is 1. The summed E-state index contributed by atoms with van der Waals surface area (Å²) >= 11 is 0. The first-order valence-corrected chi connectivity index (χ1v) is 8.67. The van der Waals surface area contributed by atoms with E-state index in [1.807, 2.05) is 26.0 Å². The van der Waals surface area contributed by atoms with Crippen molar-refractivity contribution in [1.82, 2.24) is 30.2 Å². The summed E-state index contributed by atoms with van der Waals surface area (Å²) in [5, 5.41) is 11.6. The van der Waals surface area contributed by atoms with Gasteiger partial charge in [0.25, 0.3) is 0 Å². The van der Waals surface area contributed by atoms with Gasteiger partial charge >= 0.3 is 0 Å². The van der Waals surface area contributed by atoms with Gasteiger partial charge in [0, 0.05) is 42.5 Å². The summed E-state index contributed by atoms with van der Waals surface area (Å²) in [6.07, 6.45) is 5.82. The van der Waals surface area contributed by atoms with Crippen molar-refractivity contribution in [3.05, 3.63) is 47.4 Å². The Morgan fingerprint density at radius 2 is 2.28 bits per heavy atom. The van der Waals surface area contributed by atoms with E-state index < -0.39 is 0 Å². The van der Waals surface area contributed by atoms with E-state index in [-0.39, 0.29) is 0 Å². The molecule has 0 spiro atoms. The number of piperidine rings is 1. The van der Waals surface area contributed by atoms with Crippen LogP contribution < -0.4 is 0 Å². The van der Waals surface area contributed by atoms with E-state index in [1.54, 1.807) is 12.4 Å². The van der Waals surface area contributed by atoms with E-state index in [0.29, 0.717) is 11.7 Å². The number of nitrogens with zero attached hydrogens (tertiary/aromatic N) is 5. The van der Waals surface area contributed by atoms with Crippen LogP contribution in [0, 0.1) is 13.8 Å². The Balaban J connectivity index is 1.47. The summed E-state index contributed by atoms with van der Waals surface area (Å²) < 4.78 is 5.29. The van der Waals surface area contributed by atoms with Crippen LogP contribution in [0.4, 0.5) is 0 Å². The van der Waals surface area contributed by atoms with E-state index in [9.17, 15) is 0 Å². The average Bonchev–Trinajstić information content (AvgIpc) is 3.26. The molecule has 0 aromatic carbocycles. The standard InChI is InChI=1S/C18H22N6O/c1-12-16(13(2)25-23-12)11-24-8-4-6-15(10-24)18-20-17(21-22-18)14-5-3-7-19-9-14/h3,5,7,9,15H,4,6,8,10-11H2,1-2H3,(H,20,21,22). The maximum atomic E-state index is 5.29. The first-order chi connectivity index (χ1) is 12.2. The molecule has 4 heterocycles. The molecule has 1 fully saturated rings. The second-order valence-corrected chi connectivity index (χ2v) is 6.66. The molecule has 1 aliphatic rings. The number of H-pyrrole nitrogens is 1. The Hall–Kier alpha value is -2.54. The highest BCUT2D eigenvalue weighted by atomic mass is 16.5. The molecule has 3 aromatic heterocycles. The molecule has 0 bridgehead atoms. The maximum absolute atomic E-state index is 5.29. The molecule has 0 saturated carbocycles. The van der Waals surface area contributed by atoms with E-state index >= 15 is 0 Å². The van der Waals surface area contributed by atoms with Crippen LogP contribution in [0.5, 0.6) is 0 Å². The summed E-state index contributed by atoms with van der Waals surface area (Å²) in [6, 6.07) is 3.88. The quantitative estimate of drug-likeness (QED) is 0.787. The van der Waals surface area contributed by atoms with Crippen LogP contribution in [0.3, 0.4) is 0 Å². The molecule has 1 N–H and O–H groups in total. The Bertz CT molecular complexity index is 821. The smallest absolute Gasteiger partial charge is 0.182 e. The van der Waals surface area contributed by atoms with Crippen molar-refractivity contribution in [3.63, 3.8) is 0 Å². The second kappa shape index (κ2) is 6.76. The van der Waals surface area contributed by atoms with Crippen LogP contribution in [0.1, 0.15) is 41.6 Å². The molecule has 25 heavy (non-hydrogen) atoms. The van der Waals surface area contributed by atoms with Gasteiger partial charge in [-0.1, -0.05) is 5.16 Å². The molecular formula is C18H22N6O. The Morgan fingerprint density at radius 3 is 3.04 bits per heavy atom. The molecule has 0 amide bonds. The predicted molar refractivity (Wildman–Crippen MR) is 92.8 cm³/mol. The zero-order valence-electron chi connectivity index (χ0n) is 14.6. The number of aromatic amines is 1. The predicted octanol–water partition coefficient (Wildman–Crippen LogP) is 2.85. The van der Waals surface area contributed by atoms with Crippen molar-refractivity contribution >= 4 is 0 Å². The maximum Gasteiger partial charge on any atom is 0.182 e. The third-order valence-corrected chi connectivity index (χ3v) is 4.88. The van der Waals surface area contributed by atoms with Crippen LogP contribution >= 0.6 is 0 Å². The van der Waals surface area contributed by atoms with Crippen molar-refractivity contribution < 1.29 is 4.52 Å². The van der Waals surface area contributed by atoms with Crippen LogP contribution in [0.15, 0.2) is 29.0 Å². The fraction of sp³-hybridized carbons (Fsp3) is 0.444. The molecule has 130 valence electrons. The normalized spacial score (nSPS) is 18.6. The van der Waals surface area contributed by atoms with E-state index in [4.69, 9.17) is 9.51 Å². The lowest BCUT2D eigenvalue weighted by Gasteiger charge is -2.31. The molecule has 0 aliphatic carbocycles. The summed E-state index contributed by atoms with van der Waals surface area (Å²) in [5.74, 6) is 2.96. The van der Waals surface area contributed by atoms with Gasteiger partial charge in [0.15, 0.2) is 5.82 Å². The van der Waals surface area contributed by atoms with Crippen LogP contribution in [-0.2, 0) is 6.54 Å². The van der Waals surface area contributed by atoms with Gasteiger partial charge in [-0.3, -0.25) is 15.0 Å². The van der Waals surface area contributed by atoms with Gasteiger partial charge in [-0.05, 0) is 45.4 Å². The molecule has 0 radical (unpaired) electrons. The molecule has 7 nitrogen and oxygen atoms in total. The van der Waals surface area contributed by atoms with E-state index in [1.165, 1.54) is 5.56 Å². The molecule has 4 rings (SSSR count). The number of pyridine rings is 1. The molecule has 3 aromatic rings. The molecule has 1 aliphatic heterocycles. The van der Waals surface area contributed by atoms with Crippen molar-refractivity contribution in [1.29, 1.82) is 0 Å². The Kier molecular flexibility index (Phi) is 4.31. The zero-order chi connectivity index (χ0) is 17.2. The molecule has 1 atom stereocenters. The fourth-order valence-corrected chi connectivity index (χ4v) is 3.45. The van der Waals surface area contributed by atoms with Crippen LogP contribution in [-0.4, -0.2) is 43.3 Å². The van der Waals surface area contributed by atoms with Crippen molar-refractivity contribution in [2.45, 2.75) is 39.2 Å². The minimum atomic E-state index is 0.368. The zero-order valence-corrected chi connectivity index (χ0v) is 14.6. The van der Waals surface area contributed by atoms with Crippen LogP contribution in [0.2, 0.25) is 0 Å². The number of rotatable bonds is 4. The lowest BCUT2D eigenvalue weighted by atomic mass is 9.97. The first-order valence-electron chi connectivity index (χ1n) is 8.67. The van der Waals surface area contributed by atoms with Gasteiger partial charge in [0.05, 0.1) is 5.69 Å². The van der Waals surface area contributed by atoms with Gasteiger partial charge < -0.3 is 4.52 Å². The number of aryl methyl sites for hydroxylation is 2. The Labute approximate surface area is 146 Å². The molecular weight excluding hydrogens is 316 g/mol. The average molecular weight is 338 g/mol. The highest BCUT2D eigenvalue weighted by Crippen LogP contribution is 2.27. The minimum Gasteiger partial charge on any atom is -0.361 e. The number of nitrogens with one attached hydrogen (secondary N) is 1. The van der Waals surface area contributed by atoms with Crippen molar-refractivity contribution in [2.24, 2.45) is 0 Å². The lowest BCUT2D eigenvalue weighted by molar-refractivity contribution is 0.195. The van der Waals surface area contributed by atoms with Gasteiger partial charge in [0.2, 0.25) is 0 Å². The van der Waals surface area contributed by atoms with Crippen molar-refractivity contribution in [3.8, 4) is 11.4 Å². The molecule has 1 saturated heterocycles. The van der Waals surface area contributed by atoms with E-state index in [0.717, 1.165) is 55.3 Å². The Morgan fingerprint density at radius 1 is 1.36 bits per heavy atom. The highest BCUT2D eigenvalue weighted by Gasteiger charge is 2.25. The highest BCUT2D eigenvalue weighted by molar-refractivity contribution is 5.52. The number of aromatic nitrogens is 5. The fourth-order valence-electron chi connectivity index (χ4n) is 3.45. The number of hydrogen-bond donors (Lipinski definition) is 1. The number of hydrogen-bond acceptors (Lipinski definition) is 6. The third kappa shape index (κ3) is 3.32. The van der Waals surface area contributed by atoms with E-state index in [2.05, 4.69) is 25.2 Å². The minimum absolute atomic E-state index is 0.368. The van der Waals surface area contributed by atoms with Gasteiger partial charge in [0.1, 0.15) is 11.6 Å². The lowest BCUT2D eigenvalue weighted by Crippen LogP contribution is -2.34. The third-order valence-electron chi connectivity index (χ3n) is 4.88. The topological polar surface area (TPSA) is 83.7 Å². The largest absolute Gasteiger partial charge is 0.361 e. The summed E-state index contributed by atoms with van der Waals surface area (Å²) in [5.41, 5.74) is 3.13. The summed E-state index contributed by atoms with van der Waals surface area (Å²) in [7, 11) is 0. The van der Waals surface area contributed by atoms with Gasteiger partial charge in [-0.25, -0.2) is 4.98 Å². The first kappa shape index (κ1) is 16.0. The molecule has 7 heteroatoms. The van der Waals surface area contributed by atoms with Crippen LogP contribution in [0.25, 0.3) is 11.4 Å². The second-order valence-electron chi connectivity index (χ2n) is 6.66. The van der Waals surface area contributed by atoms with Gasteiger partial charge in [-0.15, -0.1) is 0 Å². The summed E-state index contributed by atoms with van der Waals surface area (Å²) in [4.78, 5) is 11.3.